The number of hydrogen-bond donors (Lipinski definition) is 2. The normalized spacial score (nSPS) is 11.5. The van der Waals surface area contributed by atoms with Gasteiger partial charge in [-0.3, -0.25) is 4.90 Å². The number of unbranched alkanes of at least 4 members (excludes halogenated alkanes) is 7. The maximum absolute atomic E-state index is 8.73. The average molecular weight is 334 g/mol. The van der Waals surface area contributed by atoms with Crippen LogP contribution in [0.2, 0.25) is 0 Å². The Bertz CT molecular complexity index is 205. The topological polar surface area (TPSA) is 62.2 Å². The highest BCUT2D eigenvalue weighted by Crippen LogP contribution is 2.08. The highest BCUT2D eigenvalue weighted by molar-refractivity contribution is 4.58. The second-order valence-electron chi connectivity index (χ2n) is 5.99. The Labute approximate surface area is 143 Å². The molecule has 0 aromatic rings. The lowest BCUT2D eigenvalue weighted by Gasteiger charge is -2.22. The van der Waals surface area contributed by atoms with Crippen molar-refractivity contribution in [2.24, 2.45) is 0 Å². The van der Waals surface area contributed by atoms with Crippen molar-refractivity contribution in [3.63, 3.8) is 0 Å². The third-order valence-electron chi connectivity index (χ3n) is 3.90. The van der Waals surface area contributed by atoms with Gasteiger partial charge in [-0.25, -0.2) is 0 Å². The molecule has 2 N–H and O–H groups in total. The number of rotatable bonds is 19. The summed E-state index contributed by atoms with van der Waals surface area (Å²) in [4.78, 5) is 2.35. The zero-order valence-electron chi connectivity index (χ0n) is 15.2. The van der Waals surface area contributed by atoms with E-state index in [1.54, 1.807) is 0 Å². The van der Waals surface area contributed by atoms with Crippen LogP contribution < -0.4 is 0 Å². The van der Waals surface area contributed by atoms with E-state index in [1.807, 2.05) is 0 Å². The zero-order chi connectivity index (χ0) is 17.0. The van der Waals surface area contributed by atoms with Gasteiger partial charge in [0.2, 0.25) is 0 Å². The third kappa shape index (κ3) is 18.0. The number of nitrogens with zero attached hydrogens (tertiary/aromatic N) is 1. The van der Waals surface area contributed by atoms with Gasteiger partial charge in [-0.15, -0.1) is 0 Å². The molecule has 0 aromatic heterocycles. The summed E-state index contributed by atoms with van der Waals surface area (Å²) in [6, 6.07) is 0. The number of aliphatic hydroxyl groups excluding tert-OH is 2. The number of ether oxygens (including phenoxy) is 2. The van der Waals surface area contributed by atoms with Gasteiger partial charge < -0.3 is 19.7 Å². The highest BCUT2D eigenvalue weighted by atomic mass is 16.5. The molecule has 0 bridgehead atoms. The Balaban J connectivity index is 3.64. The van der Waals surface area contributed by atoms with Crippen molar-refractivity contribution in [3.8, 4) is 0 Å². The van der Waals surface area contributed by atoms with Crippen LogP contribution in [0.15, 0.2) is 0 Å². The van der Waals surface area contributed by atoms with Crippen molar-refractivity contribution >= 4 is 0 Å². The quantitative estimate of drug-likeness (QED) is 0.356. The van der Waals surface area contributed by atoms with Crippen LogP contribution in [-0.4, -0.2) is 74.4 Å². The van der Waals surface area contributed by atoms with Crippen LogP contribution in [0.5, 0.6) is 0 Å². The molecule has 0 aromatic carbocycles. The van der Waals surface area contributed by atoms with Gasteiger partial charge in [0.1, 0.15) is 0 Å². The lowest BCUT2D eigenvalue weighted by molar-refractivity contribution is 0.0503. The first-order valence-electron chi connectivity index (χ1n) is 9.44. The molecule has 0 unspecified atom stereocenters. The summed E-state index contributed by atoms with van der Waals surface area (Å²) >= 11 is 0. The molecule has 0 spiro atoms. The van der Waals surface area contributed by atoms with Gasteiger partial charge in [0.25, 0.3) is 0 Å². The van der Waals surface area contributed by atoms with Crippen LogP contribution in [0.1, 0.15) is 58.3 Å². The third-order valence-corrected chi connectivity index (χ3v) is 3.90. The van der Waals surface area contributed by atoms with Crippen LogP contribution in [0.3, 0.4) is 0 Å². The molecule has 0 rings (SSSR count). The minimum atomic E-state index is 0.0810. The van der Waals surface area contributed by atoms with E-state index in [-0.39, 0.29) is 13.2 Å². The van der Waals surface area contributed by atoms with Gasteiger partial charge >= 0.3 is 0 Å². The van der Waals surface area contributed by atoms with Gasteiger partial charge in [0, 0.05) is 13.1 Å². The van der Waals surface area contributed by atoms with Crippen molar-refractivity contribution in [2.45, 2.75) is 58.3 Å². The van der Waals surface area contributed by atoms with Crippen LogP contribution in [0.4, 0.5) is 0 Å². The Morgan fingerprint density at radius 1 is 0.609 bits per heavy atom. The summed E-state index contributed by atoms with van der Waals surface area (Å²) in [6.07, 6.45) is 10.6. The van der Waals surface area contributed by atoms with Crippen LogP contribution in [0, 0.1) is 0 Å². The molecule has 0 atom stereocenters. The minimum absolute atomic E-state index is 0.0810. The highest BCUT2D eigenvalue weighted by Gasteiger charge is 2.05. The Kier molecular flexibility index (Phi) is 19.7. The first-order chi connectivity index (χ1) is 11.3. The summed E-state index contributed by atoms with van der Waals surface area (Å²) in [7, 11) is 0. The van der Waals surface area contributed by atoms with Gasteiger partial charge in [0.15, 0.2) is 0 Å². The van der Waals surface area contributed by atoms with E-state index in [0.717, 1.165) is 19.6 Å². The molecular formula is C18H39NO4. The molecule has 5 nitrogen and oxygen atoms in total. The van der Waals surface area contributed by atoms with Crippen LogP contribution in [0.25, 0.3) is 0 Å². The summed E-state index contributed by atoms with van der Waals surface area (Å²) in [6.45, 7) is 7.35. The van der Waals surface area contributed by atoms with Gasteiger partial charge in [0.05, 0.1) is 39.6 Å². The number of hydrogen-bond acceptors (Lipinski definition) is 5. The fourth-order valence-electron chi connectivity index (χ4n) is 2.53. The second-order valence-corrected chi connectivity index (χ2v) is 5.99. The smallest absolute Gasteiger partial charge is 0.0698 e. The van der Waals surface area contributed by atoms with Crippen molar-refractivity contribution in [2.75, 3.05) is 59.3 Å². The first kappa shape index (κ1) is 22.8. The zero-order valence-corrected chi connectivity index (χ0v) is 15.2. The molecule has 0 heterocycles. The summed E-state index contributed by atoms with van der Waals surface area (Å²) in [5.74, 6) is 0. The van der Waals surface area contributed by atoms with E-state index in [9.17, 15) is 0 Å². The molecule has 0 fully saturated rings. The van der Waals surface area contributed by atoms with E-state index >= 15 is 0 Å². The van der Waals surface area contributed by atoms with Crippen LogP contribution in [-0.2, 0) is 9.47 Å². The summed E-state index contributed by atoms with van der Waals surface area (Å²) in [5.41, 5.74) is 0. The van der Waals surface area contributed by atoms with Crippen molar-refractivity contribution in [1.82, 2.24) is 4.90 Å². The second kappa shape index (κ2) is 19.8. The van der Waals surface area contributed by atoms with E-state index in [2.05, 4.69) is 11.8 Å². The largest absolute Gasteiger partial charge is 0.394 e. The van der Waals surface area contributed by atoms with Gasteiger partial charge in [-0.1, -0.05) is 51.9 Å². The summed E-state index contributed by atoms with van der Waals surface area (Å²) in [5, 5.41) is 17.5. The van der Waals surface area contributed by atoms with Crippen molar-refractivity contribution in [1.29, 1.82) is 0 Å². The Morgan fingerprint density at radius 2 is 1.09 bits per heavy atom. The van der Waals surface area contributed by atoms with Gasteiger partial charge in [-0.2, -0.15) is 0 Å². The average Bonchev–Trinajstić information content (AvgIpc) is 2.57. The van der Waals surface area contributed by atoms with Crippen molar-refractivity contribution in [3.05, 3.63) is 0 Å². The number of aliphatic hydroxyl groups is 2. The molecule has 23 heavy (non-hydrogen) atoms. The SMILES string of the molecule is CCCCCCCCCCN(CCOCCO)CCOCCO. The minimum Gasteiger partial charge on any atom is -0.394 e. The summed E-state index contributed by atoms with van der Waals surface area (Å²) < 4.78 is 10.7. The van der Waals surface area contributed by atoms with Gasteiger partial charge in [-0.05, 0) is 13.0 Å². The molecule has 140 valence electrons. The lowest BCUT2D eigenvalue weighted by Crippen LogP contribution is -2.32. The maximum atomic E-state index is 8.73. The predicted molar refractivity (Wildman–Crippen MR) is 94.9 cm³/mol. The molecule has 0 aliphatic carbocycles. The Hall–Kier alpha value is -0.200. The maximum Gasteiger partial charge on any atom is 0.0698 e. The van der Waals surface area contributed by atoms with Crippen molar-refractivity contribution < 1.29 is 19.7 Å². The molecule has 0 saturated carbocycles. The molecule has 0 aliphatic rings. The van der Waals surface area contributed by atoms with E-state index in [0.29, 0.717) is 26.4 Å². The van der Waals surface area contributed by atoms with E-state index in [4.69, 9.17) is 19.7 Å². The molecule has 0 saturated heterocycles. The molecule has 5 heteroatoms. The predicted octanol–water partition coefficient (Wildman–Crippen LogP) is 2.45. The van der Waals surface area contributed by atoms with Crippen LogP contribution >= 0.6 is 0 Å². The molecule has 0 radical (unpaired) electrons. The van der Waals surface area contributed by atoms with E-state index < -0.39 is 0 Å². The lowest BCUT2D eigenvalue weighted by atomic mass is 10.1. The Morgan fingerprint density at radius 3 is 1.57 bits per heavy atom. The molecule has 0 aliphatic heterocycles. The fraction of sp³-hybridized carbons (Fsp3) is 1.00. The van der Waals surface area contributed by atoms with E-state index in [1.165, 1.54) is 51.4 Å². The standard InChI is InChI=1S/C18H39NO4/c1-2-3-4-5-6-7-8-9-10-19(11-15-22-17-13-20)12-16-23-18-14-21/h20-21H,2-18H2,1H3. The molecule has 0 amide bonds. The first-order valence-corrected chi connectivity index (χ1v) is 9.44. The molecular weight excluding hydrogens is 294 g/mol. The monoisotopic (exact) mass is 333 g/mol. The fourth-order valence-corrected chi connectivity index (χ4v) is 2.53.